The molecule has 3 nitrogen and oxygen atoms in total. The molecule has 2 atom stereocenters. The maximum atomic E-state index is 11.5. The van der Waals surface area contributed by atoms with E-state index in [1.165, 1.54) is 0 Å². The lowest BCUT2D eigenvalue weighted by atomic mass is 9.62. The van der Waals surface area contributed by atoms with Gasteiger partial charge in [-0.25, -0.2) is 4.79 Å². The molecule has 3 aliphatic rings. The molecule has 0 radical (unpaired) electrons. The molecule has 0 bridgehead atoms. The smallest absolute Gasteiger partial charge is 0.331 e. The highest BCUT2D eigenvalue weighted by atomic mass is 16.6. The molecule has 2 fully saturated rings. The summed E-state index contributed by atoms with van der Waals surface area (Å²) in [6.07, 6.45) is 3.72. The van der Waals surface area contributed by atoms with Gasteiger partial charge in [0, 0.05) is 6.08 Å². The lowest BCUT2D eigenvalue weighted by Crippen LogP contribution is -2.52. The van der Waals surface area contributed by atoms with Gasteiger partial charge in [0.15, 0.2) is 5.60 Å². The van der Waals surface area contributed by atoms with Crippen LogP contribution in [0.1, 0.15) is 33.6 Å². The summed E-state index contributed by atoms with van der Waals surface area (Å²) in [4.78, 5) is 11.5. The Hall–Kier alpha value is -0.830. The molecular weight excluding hydrogens is 192 g/mol. The maximum absolute atomic E-state index is 11.5. The maximum Gasteiger partial charge on any atom is 0.331 e. The molecule has 2 aliphatic heterocycles. The second-order valence-corrected chi connectivity index (χ2v) is 5.68. The Bertz CT molecular complexity index is 376. The number of esters is 1. The molecule has 0 amide bonds. The first-order valence-corrected chi connectivity index (χ1v) is 5.49. The Morgan fingerprint density at radius 3 is 2.53 bits per heavy atom. The van der Waals surface area contributed by atoms with Gasteiger partial charge < -0.3 is 9.47 Å². The number of fused-ring (bicyclic) bond motifs is 2. The molecule has 1 saturated heterocycles. The van der Waals surface area contributed by atoms with Crippen molar-refractivity contribution in [2.24, 2.45) is 5.41 Å². The van der Waals surface area contributed by atoms with Crippen molar-refractivity contribution in [3.8, 4) is 0 Å². The van der Waals surface area contributed by atoms with E-state index in [1.807, 2.05) is 6.92 Å². The van der Waals surface area contributed by atoms with Gasteiger partial charge in [-0.3, -0.25) is 0 Å². The molecule has 0 aromatic rings. The third-order valence-corrected chi connectivity index (χ3v) is 4.33. The predicted octanol–water partition coefficient (Wildman–Crippen LogP) is 1.82. The van der Waals surface area contributed by atoms with Gasteiger partial charge in [-0.05, 0) is 30.8 Å². The summed E-state index contributed by atoms with van der Waals surface area (Å²) in [5.41, 5.74) is 0.452. The molecule has 3 rings (SSSR count). The minimum atomic E-state index is -0.508. The third-order valence-electron chi connectivity index (χ3n) is 4.33. The van der Waals surface area contributed by atoms with Gasteiger partial charge in [0.25, 0.3) is 0 Å². The van der Waals surface area contributed by atoms with Crippen LogP contribution in [0.3, 0.4) is 0 Å². The number of carbonyl (C=O) groups excluding carboxylic acids is 1. The van der Waals surface area contributed by atoms with Gasteiger partial charge in [0.1, 0.15) is 5.60 Å². The van der Waals surface area contributed by atoms with Crippen LogP contribution in [0.2, 0.25) is 0 Å². The van der Waals surface area contributed by atoms with Crippen LogP contribution >= 0.6 is 0 Å². The topological polar surface area (TPSA) is 38.8 Å². The largest absolute Gasteiger partial charge is 0.448 e. The summed E-state index contributed by atoms with van der Waals surface area (Å²) in [7, 11) is 0. The van der Waals surface area contributed by atoms with Gasteiger partial charge in [0.05, 0.1) is 6.61 Å². The van der Waals surface area contributed by atoms with E-state index in [4.69, 9.17) is 9.47 Å². The summed E-state index contributed by atoms with van der Waals surface area (Å²) in [5.74, 6) is -0.211. The second kappa shape index (κ2) is 2.29. The first kappa shape index (κ1) is 9.40. The second-order valence-electron chi connectivity index (χ2n) is 5.68. The van der Waals surface area contributed by atoms with Crippen molar-refractivity contribution in [3.63, 3.8) is 0 Å². The lowest BCUT2D eigenvalue weighted by Gasteiger charge is -2.45. The number of hydrogen-bond acceptors (Lipinski definition) is 3. The Labute approximate surface area is 89.4 Å². The van der Waals surface area contributed by atoms with Crippen LogP contribution < -0.4 is 0 Å². The normalized spacial score (nSPS) is 46.1. The van der Waals surface area contributed by atoms with Gasteiger partial charge >= 0.3 is 5.97 Å². The molecule has 0 aromatic heterocycles. The Morgan fingerprint density at radius 2 is 1.93 bits per heavy atom. The summed E-state index contributed by atoms with van der Waals surface area (Å²) in [6, 6.07) is 0. The van der Waals surface area contributed by atoms with Crippen LogP contribution in [0.5, 0.6) is 0 Å². The molecule has 1 aliphatic carbocycles. The Morgan fingerprint density at radius 1 is 1.27 bits per heavy atom. The van der Waals surface area contributed by atoms with Crippen molar-refractivity contribution in [1.29, 1.82) is 0 Å². The van der Waals surface area contributed by atoms with Gasteiger partial charge in [0.2, 0.25) is 0 Å². The molecule has 2 unspecified atom stereocenters. The van der Waals surface area contributed by atoms with Crippen LogP contribution in [0, 0.1) is 5.41 Å². The molecule has 2 heterocycles. The third kappa shape index (κ3) is 0.969. The monoisotopic (exact) mass is 208 g/mol. The van der Waals surface area contributed by atoms with E-state index >= 15 is 0 Å². The average Bonchev–Trinajstić information content (AvgIpc) is 2.84. The zero-order valence-corrected chi connectivity index (χ0v) is 9.42. The van der Waals surface area contributed by atoms with E-state index in [9.17, 15) is 4.79 Å². The van der Waals surface area contributed by atoms with Crippen molar-refractivity contribution < 1.29 is 14.3 Å². The number of epoxide rings is 1. The molecule has 15 heavy (non-hydrogen) atoms. The fraction of sp³-hybridized carbons (Fsp3) is 0.750. The Kier molecular flexibility index (Phi) is 1.44. The molecule has 1 spiro atoms. The summed E-state index contributed by atoms with van der Waals surface area (Å²) in [6.45, 7) is 7.07. The zero-order chi connectivity index (χ0) is 10.9. The number of carbonyl (C=O) groups is 1. The minimum Gasteiger partial charge on any atom is -0.448 e. The fourth-order valence-electron chi connectivity index (χ4n) is 3.12. The van der Waals surface area contributed by atoms with Crippen molar-refractivity contribution in [1.82, 2.24) is 0 Å². The van der Waals surface area contributed by atoms with Crippen LogP contribution in [0.4, 0.5) is 0 Å². The number of ether oxygens (including phenoxy) is 2. The SMILES string of the molecule is CC1(C)CCC2(CO2)C2(C)OC(=O)C=C12. The first-order chi connectivity index (χ1) is 6.90. The molecule has 3 heteroatoms. The van der Waals surface area contributed by atoms with Gasteiger partial charge in [-0.1, -0.05) is 13.8 Å². The highest BCUT2D eigenvalue weighted by Crippen LogP contribution is 2.60. The van der Waals surface area contributed by atoms with E-state index < -0.39 is 5.60 Å². The van der Waals surface area contributed by atoms with Crippen LogP contribution in [0.15, 0.2) is 11.6 Å². The van der Waals surface area contributed by atoms with E-state index in [0.717, 1.165) is 25.0 Å². The predicted molar refractivity (Wildman–Crippen MR) is 54.3 cm³/mol. The highest BCUT2D eigenvalue weighted by molar-refractivity contribution is 5.87. The minimum absolute atomic E-state index is 0.0537. The van der Waals surface area contributed by atoms with E-state index in [1.54, 1.807) is 6.08 Å². The standard InChI is InChI=1S/C12H16O3/c1-10(2)4-5-12(7-14-12)11(3)8(10)6-9(13)15-11/h6H,4-5,7H2,1-3H3. The Balaban J connectivity index is 2.12. The fourth-order valence-corrected chi connectivity index (χ4v) is 3.12. The number of rotatable bonds is 0. The molecule has 1 saturated carbocycles. The van der Waals surface area contributed by atoms with Crippen LogP contribution in [-0.2, 0) is 14.3 Å². The van der Waals surface area contributed by atoms with E-state index in [-0.39, 0.29) is 17.0 Å². The van der Waals surface area contributed by atoms with Crippen molar-refractivity contribution >= 4 is 5.97 Å². The van der Waals surface area contributed by atoms with E-state index in [2.05, 4.69) is 13.8 Å². The molecule has 82 valence electrons. The molecular formula is C12H16O3. The van der Waals surface area contributed by atoms with Gasteiger partial charge in [-0.15, -0.1) is 0 Å². The van der Waals surface area contributed by atoms with Crippen molar-refractivity contribution in [2.45, 2.75) is 44.8 Å². The quantitative estimate of drug-likeness (QED) is 0.450. The first-order valence-electron chi connectivity index (χ1n) is 5.49. The van der Waals surface area contributed by atoms with Gasteiger partial charge in [-0.2, -0.15) is 0 Å². The van der Waals surface area contributed by atoms with Crippen LogP contribution in [0.25, 0.3) is 0 Å². The zero-order valence-electron chi connectivity index (χ0n) is 9.42. The van der Waals surface area contributed by atoms with Crippen molar-refractivity contribution in [2.75, 3.05) is 6.61 Å². The average molecular weight is 208 g/mol. The summed E-state index contributed by atoms with van der Waals surface area (Å²) < 4.78 is 11.1. The summed E-state index contributed by atoms with van der Waals surface area (Å²) in [5, 5.41) is 0. The molecule has 0 N–H and O–H groups in total. The molecule has 0 aromatic carbocycles. The van der Waals surface area contributed by atoms with E-state index in [0.29, 0.717) is 0 Å². The number of hydrogen-bond donors (Lipinski definition) is 0. The van der Waals surface area contributed by atoms with Crippen LogP contribution in [-0.4, -0.2) is 23.8 Å². The summed E-state index contributed by atoms with van der Waals surface area (Å²) >= 11 is 0. The highest BCUT2D eigenvalue weighted by Gasteiger charge is 2.69. The van der Waals surface area contributed by atoms with Crippen molar-refractivity contribution in [3.05, 3.63) is 11.6 Å². The lowest BCUT2D eigenvalue weighted by molar-refractivity contribution is -0.153.